The number of aliphatic imine (C=N–C) groups is 1. The van der Waals surface area contributed by atoms with E-state index in [2.05, 4.69) is 9.98 Å². The van der Waals surface area contributed by atoms with Crippen molar-refractivity contribution in [1.29, 1.82) is 0 Å². The van der Waals surface area contributed by atoms with Gasteiger partial charge in [0.2, 0.25) is 0 Å². The summed E-state index contributed by atoms with van der Waals surface area (Å²) in [4.78, 5) is 7.98. The molecular formula is C10H14N2O. The summed E-state index contributed by atoms with van der Waals surface area (Å²) in [7, 11) is 1.69. The third kappa shape index (κ3) is 1.86. The molecule has 1 rings (SSSR count). The van der Waals surface area contributed by atoms with Gasteiger partial charge in [-0.2, -0.15) is 0 Å². The molecular weight excluding hydrogens is 164 g/mol. The van der Waals surface area contributed by atoms with E-state index in [0.29, 0.717) is 5.69 Å². The molecule has 1 aromatic rings. The van der Waals surface area contributed by atoms with Crippen LogP contribution < -0.4 is 0 Å². The highest BCUT2D eigenvalue weighted by Crippen LogP contribution is 2.21. The Morgan fingerprint density at radius 1 is 1.62 bits per heavy atom. The highest BCUT2D eigenvalue weighted by Gasteiger charge is 2.07. The topological polar surface area (TPSA) is 45.5 Å². The molecule has 13 heavy (non-hydrogen) atoms. The summed E-state index contributed by atoms with van der Waals surface area (Å²) in [6.45, 7) is 3.81. The molecule has 0 saturated heterocycles. The van der Waals surface area contributed by atoms with Gasteiger partial charge < -0.3 is 5.11 Å². The summed E-state index contributed by atoms with van der Waals surface area (Å²) < 4.78 is 0. The normalized spacial score (nSPS) is 11.0. The van der Waals surface area contributed by atoms with Gasteiger partial charge in [0.05, 0.1) is 5.69 Å². The minimum absolute atomic E-state index is 0.241. The van der Waals surface area contributed by atoms with Crippen molar-refractivity contribution < 1.29 is 5.11 Å². The van der Waals surface area contributed by atoms with Crippen LogP contribution in [0.25, 0.3) is 0 Å². The van der Waals surface area contributed by atoms with Gasteiger partial charge in [0.15, 0.2) is 0 Å². The first-order valence-electron chi connectivity index (χ1n) is 4.30. The van der Waals surface area contributed by atoms with Crippen molar-refractivity contribution in [2.75, 3.05) is 7.05 Å². The van der Waals surface area contributed by atoms with E-state index in [1.165, 1.54) is 0 Å². The number of hydrogen-bond donors (Lipinski definition) is 1. The van der Waals surface area contributed by atoms with Gasteiger partial charge in [-0.15, -0.1) is 0 Å². The first-order chi connectivity index (χ1) is 6.20. The second-order valence-corrected chi connectivity index (χ2v) is 2.87. The van der Waals surface area contributed by atoms with Crippen LogP contribution in [0, 0.1) is 6.92 Å². The maximum absolute atomic E-state index is 9.69. The molecule has 0 atom stereocenters. The summed E-state index contributed by atoms with van der Waals surface area (Å²) in [6, 6.07) is 0. The highest BCUT2D eigenvalue weighted by atomic mass is 16.3. The van der Waals surface area contributed by atoms with Crippen LogP contribution in [0.4, 0.5) is 0 Å². The quantitative estimate of drug-likeness (QED) is 0.701. The molecule has 0 fully saturated rings. The van der Waals surface area contributed by atoms with Gasteiger partial charge in [-0.05, 0) is 18.9 Å². The maximum atomic E-state index is 9.69. The average molecular weight is 178 g/mol. The summed E-state index contributed by atoms with van der Waals surface area (Å²) >= 11 is 0. The molecule has 3 heteroatoms. The first-order valence-corrected chi connectivity index (χ1v) is 4.30. The second kappa shape index (κ2) is 4.03. The van der Waals surface area contributed by atoms with Crippen molar-refractivity contribution in [2.45, 2.75) is 20.3 Å². The molecule has 1 N–H and O–H groups in total. The number of aryl methyl sites for hydroxylation is 2. The molecule has 1 heterocycles. The number of hydrogen-bond acceptors (Lipinski definition) is 3. The lowest BCUT2D eigenvalue weighted by molar-refractivity contribution is 0.466. The van der Waals surface area contributed by atoms with E-state index in [0.717, 1.165) is 17.5 Å². The SMILES string of the molecule is CCc1cnc(C)c(O)c1C=NC. The standard InChI is InChI=1S/C10H14N2O/c1-4-8-5-12-7(2)10(13)9(8)6-11-3/h5-6,13H,4H2,1-3H3. The fourth-order valence-corrected chi connectivity index (χ4v) is 1.21. The summed E-state index contributed by atoms with van der Waals surface area (Å²) in [5.74, 6) is 0.241. The molecule has 3 nitrogen and oxygen atoms in total. The summed E-state index contributed by atoms with van der Waals surface area (Å²) in [6.07, 6.45) is 4.30. The van der Waals surface area contributed by atoms with Crippen molar-refractivity contribution in [2.24, 2.45) is 4.99 Å². The molecule has 0 aliphatic carbocycles. The van der Waals surface area contributed by atoms with Crippen molar-refractivity contribution in [1.82, 2.24) is 4.98 Å². The van der Waals surface area contributed by atoms with E-state index >= 15 is 0 Å². The van der Waals surface area contributed by atoms with Gasteiger partial charge in [0.25, 0.3) is 0 Å². The molecule has 0 saturated carbocycles. The van der Waals surface area contributed by atoms with Crippen LogP contribution in [0.1, 0.15) is 23.7 Å². The van der Waals surface area contributed by atoms with Gasteiger partial charge in [-0.25, -0.2) is 0 Å². The molecule has 0 aliphatic rings. The number of rotatable bonds is 2. The van der Waals surface area contributed by atoms with Crippen molar-refractivity contribution >= 4 is 6.21 Å². The minimum atomic E-state index is 0.241. The van der Waals surface area contributed by atoms with Crippen molar-refractivity contribution in [3.63, 3.8) is 0 Å². The van der Waals surface area contributed by atoms with Crippen LogP contribution in [-0.4, -0.2) is 23.4 Å². The van der Waals surface area contributed by atoms with Gasteiger partial charge in [-0.3, -0.25) is 9.98 Å². The highest BCUT2D eigenvalue weighted by molar-refractivity contribution is 5.85. The Morgan fingerprint density at radius 3 is 2.85 bits per heavy atom. The lowest BCUT2D eigenvalue weighted by Crippen LogP contribution is -1.96. The molecule has 0 spiro atoms. The van der Waals surface area contributed by atoms with Gasteiger partial charge in [-0.1, -0.05) is 6.92 Å². The van der Waals surface area contributed by atoms with Crippen LogP contribution in [0.2, 0.25) is 0 Å². The Labute approximate surface area is 78.2 Å². The molecule has 1 aromatic heterocycles. The molecule has 0 radical (unpaired) electrons. The molecule has 0 amide bonds. The summed E-state index contributed by atoms with van der Waals surface area (Å²) in [5.41, 5.74) is 2.46. The van der Waals surface area contributed by atoms with Crippen molar-refractivity contribution in [3.05, 3.63) is 23.0 Å². The lowest BCUT2D eigenvalue weighted by atomic mass is 10.1. The largest absolute Gasteiger partial charge is 0.505 e. The zero-order valence-electron chi connectivity index (χ0n) is 8.20. The Bertz CT molecular complexity index is 332. The molecule has 70 valence electrons. The van der Waals surface area contributed by atoms with Crippen LogP contribution in [0.5, 0.6) is 5.75 Å². The van der Waals surface area contributed by atoms with Crippen LogP contribution in [-0.2, 0) is 6.42 Å². The van der Waals surface area contributed by atoms with Gasteiger partial charge >= 0.3 is 0 Å². The van der Waals surface area contributed by atoms with Gasteiger partial charge in [0.1, 0.15) is 5.75 Å². The molecule has 0 unspecified atom stereocenters. The van der Waals surface area contributed by atoms with Crippen LogP contribution in [0.3, 0.4) is 0 Å². The van der Waals surface area contributed by atoms with E-state index in [-0.39, 0.29) is 5.75 Å². The second-order valence-electron chi connectivity index (χ2n) is 2.87. The molecule has 0 aromatic carbocycles. The lowest BCUT2D eigenvalue weighted by Gasteiger charge is -2.06. The Balaban J connectivity index is 3.32. The van der Waals surface area contributed by atoms with Crippen LogP contribution >= 0.6 is 0 Å². The predicted octanol–water partition coefficient (Wildman–Crippen LogP) is 1.71. The number of aromatic hydroxyl groups is 1. The van der Waals surface area contributed by atoms with Crippen molar-refractivity contribution in [3.8, 4) is 5.75 Å². The molecule has 0 bridgehead atoms. The van der Waals surface area contributed by atoms with E-state index in [9.17, 15) is 5.11 Å². The third-order valence-corrected chi connectivity index (χ3v) is 2.00. The minimum Gasteiger partial charge on any atom is -0.505 e. The smallest absolute Gasteiger partial charge is 0.145 e. The zero-order valence-corrected chi connectivity index (χ0v) is 8.20. The number of pyridine rings is 1. The molecule has 0 aliphatic heterocycles. The summed E-state index contributed by atoms with van der Waals surface area (Å²) in [5, 5.41) is 9.69. The maximum Gasteiger partial charge on any atom is 0.145 e. The predicted molar refractivity (Wildman–Crippen MR) is 53.5 cm³/mol. The number of nitrogens with zero attached hydrogens (tertiary/aromatic N) is 2. The first kappa shape index (κ1) is 9.71. The van der Waals surface area contributed by atoms with E-state index < -0.39 is 0 Å². The van der Waals surface area contributed by atoms with Crippen LogP contribution in [0.15, 0.2) is 11.2 Å². The van der Waals surface area contributed by atoms with E-state index in [4.69, 9.17) is 0 Å². The number of aromatic nitrogens is 1. The third-order valence-electron chi connectivity index (χ3n) is 2.00. The Kier molecular flexibility index (Phi) is 3.01. The fourth-order valence-electron chi connectivity index (χ4n) is 1.21. The average Bonchev–Trinajstić information content (AvgIpc) is 2.14. The Hall–Kier alpha value is -1.38. The zero-order chi connectivity index (χ0) is 9.84. The Morgan fingerprint density at radius 2 is 2.31 bits per heavy atom. The van der Waals surface area contributed by atoms with Gasteiger partial charge in [0, 0.05) is 25.0 Å². The monoisotopic (exact) mass is 178 g/mol. The van der Waals surface area contributed by atoms with E-state index in [1.54, 1.807) is 26.4 Å². The van der Waals surface area contributed by atoms with E-state index in [1.807, 2.05) is 6.92 Å². The fraction of sp³-hybridized carbons (Fsp3) is 0.400.